The van der Waals surface area contributed by atoms with Crippen LogP contribution >= 0.6 is 0 Å². The van der Waals surface area contributed by atoms with Crippen LogP contribution in [0.2, 0.25) is 0 Å². The summed E-state index contributed by atoms with van der Waals surface area (Å²) in [6.45, 7) is 7.37. The zero-order valence-electron chi connectivity index (χ0n) is 10.8. The van der Waals surface area contributed by atoms with Crippen LogP contribution in [0.1, 0.15) is 19.4 Å². The smallest absolute Gasteiger partial charge is 0.161 e. The minimum Gasteiger partial charge on any atom is -0.486 e. The van der Waals surface area contributed by atoms with Gasteiger partial charge in [0.15, 0.2) is 11.5 Å². The quantitative estimate of drug-likeness (QED) is 0.683. The van der Waals surface area contributed by atoms with E-state index in [4.69, 9.17) is 9.47 Å². The summed E-state index contributed by atoms with van der Waals surface area (Å²) in [7, 11) is 0. The van der Waals surface area contributed by atoms with Crippen LogP contribution in [0.25, 0.3) is 0 Å². The number of benzene rings is 1. The summed E-state index contributed by atoms with van der Waals surface area (Å²) in [5.41, 5.74) is 1.20. The van der Waals surface area contributed by atoms with Gasteiger partial charge in [-0.05, 0) is 38.5 Å². The molecule has 17 heavy (non-hydrogen) atoms. The molecule has 0 radical (unpaired) electrons. The Labute approximate surface area is 104 Å². The van der Waals surface area contributed by atoms with E-state index in [1.165, 1.54) is 5.56 Å². The number of hydrogen-bond donors (Lipinski definition) is 0. The molecule has 0 aliphatic carbocycles. The van der Waals surface area contributed by atoms with Gasteiger partial charge in [-0.1, -0.05) is 30.4 Å². The van der Waals surface area contributed by atoms with Crippen molar-refractivity contribution in [3.63, 3.8) is 0 Å². The van der Waals surface area contributed by atoms with E-state index in [-0.39, 0.29) is 0 Å². The minimum absolute atomic E-state index is 0.663. The molecule has 1 aromatic rings. The second-order valence-electron chi connectivity index (χ2n) is 3.70. The van der Waals surface area contributed by atoms with Crippen LogP contribution in [-0.2, 0) is 0 Å². The van der Waals surface area contributed by atoms with Gasteiger partial charge < -0.3 is 9.47 Å². The van der Waals surface area contributed by atoms with Crippen molar-refractivity contribution in [1.29, 1.82) is 0 Å². The normalized spacial score (nSPS) is 13.6. The molecule has 92 valence electrons. The molecule has 0 atom stereocenters. The van der Waals surface area contributed by atoms with Crippen LogP contribution in [0.5, 0.6) is 11.5 Å². The molecule has 1 aromatic carbocycles. The topological polar surface area (TPSA) is 18.5 Å². The van der Waals surface area contributed by atoms with Crippen LogP contribution < -0.4 is 9.47 Å². The largest absolute Gasteiger partial charge is 0.486 e. The highest BCUT2D eigenvalue weighted by Gasteiger charge is 2.09. The predicted molar refractivity (Wildman–Crippen MR) is 71.8 cm³/mol. The lowest BCUT2D eigenvalue weighted by Gasteiger charge is -2.18. The number of allylic oxidation sites excluding steroid dienone is 4. The van der Waals surface area contributed by atoms with Crippen LogP contribution in [0.15, 0.2) is 42.5 Å². The summed E-state index contributed by atoms with van der Waals surface area (Å²) in [5, 5.41) is 0. The van der Waals surface area contributed by atoms with E-state index in [2.05, 4.69) is 0 Å². The Hall–Kier alpha value is -1.70. The molecule has 0 unspecified atom stereocenters. The van der Waals surface area contributed by atoms with Gasteiger partial charge in [0.25, 0.3) is 0 Å². The van der Waals surface area contributed by atoms with Gasteiger partial charge >= 0.3 is 0 Å². The molecule has 0 spiro atoms. The summed E-state index contributed by atoms with van der Waals surface area (Å²) < 4.78 is 10.7. The van der Waals surface area contributed by atoms with Crippen molar-refractivity contribution in [3.8, 4) is 11.5 Å². The molecule has 2 nitrogen and oxygen atoms in total. The molecule has 1 aliphatic heterocycles. The second-order valence-corrected chi connectivity index (χ2v) is 3.70. The highest BCUT2D eigenvalue weighted by atomic mass is 16.6. The van der Waals surface area contributed by atoms with Gasteiger partial charge in [-0.2, -0.15) is 0 Å². The summed E-state index contributed by atoms with van der Waals surface area (Å²) in [6.07, 6.45) is 8.00. The number of ether oxygens (including phenoxy) is 2. The van der Waals surface area contributed by atoms with Crippen LogP contribution in [0.3, 0.4) is 0 Å². The van der Waals surface area contributed by atoms with Crippen LogP contribution in [0.4, 0.5) is 0 Å². The maximum Gasteiger partial charge on any atom is 0.161 e. The summed E-state index contributed by atoms with van der Waals surface area (Å²) in [4.78, 5) is 0. The average Bonchev–Trinajstić information content (AvgIpc) is 2.37. The molecular formula is C15H20O2. The Bertz CT molecular complexity index is 382. The first-order valence-electron chi connectivity index (χ1n) is 5.88. The molecule has 0 fully saturated rings. The van der Waals surface area contributed by atoms with Gasteiger partial charge in [0, 0.05) is 0 Å². The van der Waals surface area contributed by atoms with E-state index in [0.717, 1.165) is 11.5 Å². The Morgan fingerprint density at radius 2 is 1.53 bits per heavy atom. The SMILES string of the molecule is C/C=C/C=C/C.Cc1ccc2c(c1)OCCO2. The average molecular weight is 232 g/mol. The molecule has 0 bridgehead atoms. The summed E-state index contributed by atoms with van der Waals surface area (Å²) >= 11 is 0. The fourth-order valence-electron chi connectivity index (χ4n) is 1.37. The van der Waals surface area contributed by atoms with Gasteiger partial charge in [0.2, 0.25) is 0 Å². The Morgan fingerprint density at radius 3 is 2.12 bits per heavy atom. The molecule has 1 aliphatic rings. The van der Waals surface area contributed by atoms with Crippen molar-refractivity contribution in [2.45, 2.75) is 20.8 Å². The Morgan fingerprint density at radius 1 is 0.941 bits per heavy atom. The molecule has 2 heteroatoms. The lowest BCUT2D eigenvalue weighted by molar-refractivity contribution is 0.171. The van der Waals surface area contributed by atoms with Crippen molar-refractivity contribution in [2.24, 2.45) is 0 Å². The fraction of sp³-hybridized carbons (Fsp3) is 0.333. The zero-order valence-corrected chi connectivity index (χ0v) is 10.8. The standard InChI is InChI=1S/C9H10O2.C6H10/c1-7-2-3-8-9(6-7)11-5-4-10-8;1-3-5-6-4-2/h2-3,6H,4-5H2,1H3;3-6H,1-2H3/b;5-3+,6-4+. The Kier molecular flexibility index (Phi) is 5.94. The molecular weight excluding hydrogens is 212 g/mol. The molecule has 2 rings (SSSR count). The van der Waals surface area contributed by atoms with E-state index in [9.17, 15) is 0 Å². The molecule has 1 heterocycles. The van der Waals surface area contributed by atoms with Gasteiger partial charge in [0.1, 0.15) is 13.2 Å². The first-order chi connectivity index (χ1) is 8.27. The van der Waals surface area contributed by atoms with E-state index in [0.29, 0.717) is 13.2 Å². The highest BCUT2D eigenvalue weighted by Crippen LogP contribution is 2.30. The first kappa shape index (κ1) is 13.4. The third-order valence-electron chi connectivity index (χ3n) is 2.19. The molecule has 0 saturated heterocycles. The van der Waals surface area contributed by atoms with Crippen molar-refractivity contribution in [1.82, 2.24) is 0 Å². The maximum absolute atomic E-state index is 5.38. The zero-order chi connectivity index (χ0) is 12.5. The second kappa shape index (κ2) is 7.55. The third kappa shape index (κ3) is 4.77. The number of hydrogen-bond acceptors (Lipinski definition) is 2. The lowest BCUT2D eigenvalue weighted by atomic mass is 10.2. The number of aryl methyl sites for hydroxylation is 1. The molecule has 0 aromatic heterocycles. The first-order valence-corrected chi connectivity index (χ1v) is 5.88. The summed E-state index contributed by atoms with van der Waals surface area (Å²) in [6, 6.07) is 5.96. The number of rotatable bonds is 1. The summed E-state index contributed by atoms with van der Waals surface area (Å²) in [5.74, 6) is 1.73. The fourth-order valence-corrected chi connectivity index (χ4v) is 1.37. The molecule has 0 N–H and O–H groups in total. The van der Waals surface area contributed by atoms with E-state index < -0.39 is 0 Å². The predicted octanol–water partition coefficient (Wildman–Crippen LogP) is 3.90. The van der Waals surface area contributed by atoms with Crippen molar-refractivity contribution in [3.05, 3.63) is 48.1 Å². The molecule has 0 saturated carbocycles. The number of fused-ring (bicyclic) bond motifs is 1. The lowest BCUT2D eigenvalue weighted by Crippen LogP contribution is -2.15. The highest BCUT2D eigenvalue weighted by molar-refractivity contribution is 5.43. The molecule has 0 amide bonds. The van der Waals surface area contributed by atoms with Crippen LogP contribution in [-0.4, -0.2) is 13.2 Å². The Balaban J connectivity index is 0.000000209. The minimum atomic E-state index is 0.663. The van der Waals surface area contributed by atoms with Crippen molar-refractivity contribution < 1.29 is 9.47 Å². The van der Waals surface area contributed by atoms with E-state index in [1.54, 1.807) is 0 Å². The van der Waals surface area contributed by atoms with Crippen LogP contribution in [0, 0.1) is 6.92 Å². The van der Waals surface area contributed by atoms with Gasteiger partial charge in [-0.15, -0.1) is 0 Å². The van der Waals surface area contributed by atoms with E-state index in [1.807, 2.05) is 63.3 Å². The van der Waals surface area contributed by atoms with Crippen molar-refractivity contribution in [2.75, 3.05) is 13.2 Å². The van der Waals surface area contributed by atoms with Gasteiger partial charge in [-0.3, -0.25) is 0 Å². The maximum atomic E-state index is 5.38. The van der Waals surface area contributed by atoms with Gasteiger partial charge in [-0.25, -0.2) is 0 Å². The van der Waals surface area contributed by atoms with E-state index >= 15 is 0 Å². The monoisotopic (exact) mass is 232 g/mol. The van der Waals surface area contributed by atoms with Crippen molar-refractivity contribution >= 4 is 0 Å². The third-order valence-corrected chi connectivity index (χ3v) is 2.19. The van der Waals surface area contributed by atoms with Gasteiger partial charge in [0.05, 0.1) is 0 Å².